The molecule has 6 nitrogen and oxygen atoms in total. The molecule has 1 aliphatic heterocycles. The van der Waals surface area contributed by atoms with Crippen molar-refractivity contribution in [2.45, 2.75) is 39.4 Å². The van der Waals surface area contributed by atoms with E-state index in [9.17, 15) is 5.11 Å². The van der Waals surface area contributed by atoms with Gasteiger partial charge in [0.15, 0.2) is 0 Å². The van der Waals surface area contributed by atoms with Gasteiger partial charge in [-0.3, -0.25) is 4.68 Å². The summed E-state index contributed by atoms with van der Waals surface area (Å²) in [5.41, 5.74) is 2.25. The average molecular weight is 282 g/mol. The Balaban J connectivity index is 2.28. The summed E-state index contributed by atoms with van der Waals surface area (Å²) in [5.74, 6) is 1.10. The molecule has 0 aromatic carbocycles. The minimum atomic E-state index is 0.0105. The Morgan fingerprint density at radius 2 is 2.25 bits per heavy atom. The van der Waals surface area contributed by atoms with Gasteiger partial charge >= 0.3 is 0 Å². The van der Waals surface area contributed by atoms with Gasteiger partial charge in [0.1, 0.15) is 5.82 Å². The van der Waals surface area contributed by atoms with Crippen molar-refractivity contribution in [3.8, 4) is 0 Å². The SMILES string of the molecule is Cc1nn(C)c(N2CCOCC2CO)c1CNC(C)C. The number of hydrogen-bond donors (Lipinski definition) is 2. The fourth-order valence-electron chi connectivity index (χ4n) is 2.65. The molecule has 20 heavy (non-hydrogen) atoms. The van der Waals surface area contributed by atoms with Gasteiger partial charge in [-0.25, -0.2) is 0 Å². The van der Waals surface area contributed by atoms with Crippen molar-refractivity contribution in [3.05, 3.63) is 11.3 Å². The van der Waals surface area contributed by atoms with Gasteiger partial charge in [-0.2, -0.15) is 5.10 Å². The third-order valence-electron chi connectivity index (χ3n) is 3.71. The zero-order chi connectivity index (χ0) is 14.7. The monoisotopic (exact) mass is 282 g/mol. The summed E-state index contributed by atoms with van der Waals surface area (Å²) in [6.07, 6.45) is 0. The Labute approximate surface area is 120 Å². The minimum absolute atomic E-state index is 0.0105. The van der Waals surface area contributed by atoms with E-state index in [-0.39, 0.29) is 12.6 Å². The van der Waals surface area contributed by atoms with Crippen molar-refractivity contribution in [1.82, 2.24) is 15.1 Å². The van der Waals surface area contributed by atoms with Crippen molar-refractivity contribution in [3.63, 3.8) is 0 Å². The van der Waals surface area contributed by atoms with Crippen LogP contribution in [0, 0.1) is 6.92 Å². The molecule has 1 aromatic heterocycles. The lowest BCUT2D eigenvalue weighted by molar-refractivity contribution is 0.0718. The quantitative estimate of drug-likeness (QED) is 0.820. The highest BCUT2D eigenvalue weighted by atomic mass is 16.5. The number of aliphatic hydroxyl groups is 1. The molecular weight excluding hydrogens is 256 g/mol. The number of rotatable bonds is 5. The molecule has 0 bridgehead atoms. The third-order valence-corrected chi connectivity index (χ3v) is 3.71. The normalized spacial score (nSPS) is 19.9. The third kappa shape index (κ3) is 3.13. The van der Waals surface area contributed by atoms with Crippen LogP contribution in [0.2, 0.25) is 0 Å². The minimum Gasteiger partial charge on any atom is -0.394 e. The number of nitrogens with zero attached hydrogens (tertiary/aromatic N) is 3. The van der Waals surface area contributed by atoms with Gasteiger partial charge in [0.2, 0.25) is 0 Å². The molecule has 1 saturated heterocycles. The van der Waals surface area contributed by atoms with Crippen LogP contribution < -0.4 is 10.2 Å². The van der Waals surface area contributed by atoms with Crippen molar-refractivity contribution in [1.29, 1.82) is 0 Å². The van der Waals surface area contributed by atoms with Crippen LogP contribution >= 0.6 is 0 Å². The molecule has 1 fully saturated rings. The number of ether oxygens (including phenoxy) is 1. The van der Waals surface area contributed by atoms with E-state index in [4.69, 9.17) is 4.74 Å². The van der Waals surface area contributed by atoms with Crippen LogP contribution in [0.4, 0.5) is 5.82 Å². The van der Waals surface area contributed by atoms with Gasteiger partial charge in [-0.15, -0.1) is 0 Å². The molecule has 0 saturated carbocycles. The van der Waals surface area contributed by atoms with E-state index in [0.29, 0.717) is 19.3 Å². The van der Waals surface area contributed by atoms with E-state index in [1.807, 2.05) is 18.7 Å². The molecule has 2 N–H and O–H groups in total. The second-order valence-electron chi connectivity index (χ2n) is 5.65. The maximum atomic E-state index is 9.56. The van der Waals surface area contributed by atoms with Gasteiger partial charge in [-0.05, 0) is 6.92 Å². The average Bonchev–Trinajstić information content (AvgIpc) is 2.70. The standard InChI is InChI=1S/C14H26N4O2/c1-10(2)15-7-13-11(3)16-17(4)14(13)18-5-6-20-9-12(18)8-19/h10,12,15,19H,5-9H2,1-4H3. The number of hydrogen-bond acceptors (Lipinski definition) is 5. The molecule has 0 aliphatic carbocycles. The highest BCUT2D eigenvalue weighted by Gasteiger charge is 2.28. The van der Waals surface area contributed by atoms with E-state index >= 15 is 0 Å². The Kier molecular flexibility index (Phi) is 5.01. The summed E-state index contributed by atoms with van der Waals surface area (Å²) >= 11 is 0. The predicted molar refractivity (Wildman–Crippen MR) is 79.0 cm³/mol. The van der Waals surface area contributed by atoms with Crippen molar-refractivity contribution in [2.75, 3.05) is 31.3 Å². The predicted octanol–water partition coefficient (Wildman–Crippen LogP) is 0.424. The van der Waals surface area contributed by atoms with E-state index in [1.54, 1.807) is 0 Å². The molecule has 0 amide bonds. The Morgan fingerprint density at radius 3 is 2.90 bits per heavy atom. The van der Waals surface area contributed by atoms with Crippen LogP contribution in [-0.2, 0) is 18.3 Å². The zero-order valence-electron chi connectivity index (χ0n) is 12.9. The first-order valence-corrected chi connectivity index (χ1v) is 7.25. The van der Waals surface area contributed by atoms with Gasteiger partial charge in [0.25, 0.3) is 0 Å². The van der Waals surface area contributed by atoms with Crippen molar-refractivity contribution >= 4 is 5.82 Å². The molecular formula is C14H26N4O2. The molecule has 2 rings (SSSR count). The summed E-state index contributed by atoms with van der Waals surface area (Å²) in [6, 6.07) is 0.442. The van der Waals surface area contributed by atoms with Crippen LogP contribution in [0.15, 0.2) is 0 Å². The van der Waals surface area contributed by atoms with Gasteiger partial charge in [0.05, 0.1) is 31.6 Å². The first-order chi connectivity index (χ1) is 9.54. The van der Waals surface area contributed by atoms with Gasteiger partial charge in [-0.1, -0.05) is 13.8 Å². The smallest absolute Gasteiger partial charge is 0.131 e. The number of morpholine rings is 1. The molecule has 0 spiro atoms. The Hall–Kier alpha value is -1.11. The lowest BCUT2D eigenvalue weighted by atomic mass is 10.1. The fraction of sp³-hybridized carbons (Fsp3) is 0.786. The maximum absolute atomic E-state index is 9.56. The first-order valence-electron chi connectivity index (χ1n) is 7.25. The Morgan fingerprint density at radius 1 is 1.50 bits per heavy atom. The molecule has 6 heteroatoms. The fourth-order valence-corrected chi connectivity index (χ4v) is 2.65. The largest absolute Gasteiger partial charge is 0.394 e. The second kappa shape index (κ2) is 6.56. The van der Waals surface area contributed by atoms with Crippen LogP contribution in [0.3, 0.4) is 0 Å². The summed E-state index contributed by atoms with van der Waals surface area (Å²) in [6.45, 7) is 9.25. The molecule has 1 aliphatic rings. The van der Waals surface area contributed by atoms with E-state index in [2.05, 4.69) is 29.2 Å². The Bertz CT molecular complexity index is 445. The molecule has 1 atom stereocenters. The molecule has 1 aromatic rings. The van der Waals surface area contributed by atoms with E-state index in [1.165, 1.54) is 5.56 Å². The second-order valence-corrected chi connectivity index (χ2v) is 5.65. The van der Waals surface area contributed by atoms with Crippen LogP contribution in [-0.4, -0.2) is 53.3 Å². The van der Waals surface area contributed by atoms with Gasteiger partial charge in [0, 0.05) is 31.7 Å². The molecule has 0 radical (unpaired) electrons. The molecule has 1 unspecified atom stereocenters. The topological polar surface area (TPSA) is 62.6 Å². The molecule has 114 valence electrons. The highest BCUT2D eigenvalue weighted by Crippen LogP contribution is 2.26. The molecule has 2 heterocycles. The number of nitrogens with one attached hydrogen (secondary N) is 1. The number of anilines is 1. The zero-order valence-corrected chi connectivity index (χ0v) is 12.9. The maximum Gasteiger partial charge on any atom is 0.131 e. The van der Waals surface area contributed by atoms with Crippen LogP contribution in [0.1, 0.15) is 25.1 Å². The lowest BCUT2D eigenvalue weighted by Gasteiger charge is -2.36. The number of aliphatic hydroxyl groups excluding tert-OH is 1. The number of aromatic nitrogens is 2. The van der Waals surface area contributed by atoms with Gasteiger partial charge < -0.3 is 20.1 Å². The van der Waals surface area contributed by atoms with E-state index in [0.717, 1.165) is 24.6 Å². The first kappa shape index (κ1) is 15.3. The summed E-state index contributed by atoms with van der Waals surface area (Å²) in [4.78, 5) is 2.22. The summed E-state index contributed by atoms with van der Waals surface area (Å²) in [7, 11) is 1.96. The van der Waals surface area contributed by atoms with Crippen molar-refractivity contribution < 1.29 is 9.84 Å². The lowest BCUT2D eigenvalue weighted by Crippen LogP contribution is -2.49. The van der Waals surface area contributed by atoms with Crippen LogP contribution in [0.5, 0.6) is 0 Å². The van der Waals surface area contributed by atoms with Crippen LogP contribution in [0.25, 0.3) is 0 Å². The number of aryl methyl sites for hydroxylation is 2. The summed E-state index contributed by atoms with van der Waals surface area (Å²) < 4.78 is 7.38. The highest BCUT2D eigenvalue weighted by molar-refractivity contribution is 5.51. The van der Waals surface area contributed by atoms with Crippen molar-refractivity contribution in [2.24, 2.45) is 7.05 Å². The van der Waals surface area contributed by atoms with E-state index < -0.39 is 0 Å². The summed E-state index contributed by atoms with van der Waals surface area (Å²) in [5, 5.41) is 17.6.